The molecule has 0 aliphatic carbocycles. The van der Waals surface area contributed by atoms with Crippen LogP contribution in [0, 0.1) is 20.2 Å². The van der Waals surface area contributed by atoms with Gasteiger partial charge in [0.2, 0.25) is 11.7 Å². The normalized spacial score (nSPS) is 11.8. The van der Waals surface area contributed by atoms with Gasteiger partial charge >= 0.3 is 0 Å². The van der Waals surface area contributed by atoms with Gasteiger partial charge in [-0.2, -0.15) is 10.2 Å². The Labute approximate surface area is 319 Å². The van der Waals surface area contributed by atoms with Crippen molar-refractivity contribution in [3.63, 3.8) is 0 Å². The molecule has 16 nitrogen and oxygen atoms in total. The molecule has 0 atom stereocenters. The van der Waals surface area contributed by atoms with Crippen molar-refractivity contribution in [3.8, 4) is 22.6 Å². The van der Waals surface area contributed by atoms with Gasteiger partial charge < -0.3 is 9.47 Å². The minimum Gasteiger partial charge on any atom is -0.494 e. The molecule has 0 saturated carbocycles. The fourth-order valence-corrected chi connectivity index (χ4v) is 5.10. The summed E-state index contributed by atoms with van der Waals surface area (Å²) in [5.41, 5.74) is 10.7. The number of azo groups is 2. The molecule has 6 rings (SSSR count). The molecular formula is C40H32N10O6. The number of rotatable bonds is 13. The number of hydrazone groups is 2. The van der Waals surface area contributed by atoms with Crippen LogP contribution >= 0.6 is 0 Å². The van der Waals surface area contributed by atoms with E-state index in [1.54, 1.807) is 36.4 Å². The number of hydrogen-bond donors (Lipinski definition) is 2. The summed E-state index contributed by atoms with van der Waals surface area (Å²) >= 11 is 0. The molecule has 0 heterocycles. The Morgan fingerprint density at radius 1 is 0.518 bits per heavy atom. The molecule has 0 aliphatic heterocycles. The fourth-order valence-electron chi connectivity index (χ4n) is 5.10. The number of benzene rings is 6. The van der Waals surface area contributed by atoms with E-state index in [4.69, 9.17) is 9.47 Å². The van der Waals surface area contributed by atoms with Gasteiger partial charge in [0.25, 0.3) is 11.4 Å². The van der Waals surface area contributed by atoms with Gasteiger partial charge in [0.15, 0.2) is 0 Å². The van der Waals surface area contributed by atoms with E-state index in [-0.39, 0.29) is 23.0 Å². The molecule has 0 unspecified atom stereocenters. The number of methoxy groups -OCH3 is 2. The summed E-state index contributed by atoms with van der Waals surface area (Å²) in [7, 11) is 3.07. The van der Waals surface area contributed by atoms with Crippen LogP contribution in [0.4, 0.5) is 34.1 Å². The van der Waals surface area contributed by atoms with Crippen LogP contribution in [-0.4, -0.2) is 35.7 Å². The van der Waals surface area contributed by atoms with Crippen LogP contribution in [0.15, 0.2) is 176 Å². The number of anilines is 2. The van der Waals surface area contributed by atoms with Gasteiger partial charge in [0.1, 0.15) is 22.9 Å². The molecule has 0 amide bonds. The van der Waals surface area contributed by atoms with E-state index in [1.165, 1.54) is 38.5 Å². The quantitative estimate of drug-likeness (QED) is 0.0381. The van der Waals surface area contributed by atoms with Gasteiger partial charge in [0, 0.05) is 35.4 Å². The number of amidine groups is 2. The Balaban J connectivity index is 1.23. The number of nitrogens with zero attached hydrogens (tertiary/aromatic N) is 8. The number of nitrogens with one attached hydrogen (secondary N) is 2. The standard InChI is InChI=1S/C40H32N10O6/c1-55-37-25-29(13-23-35(37)43-47-39(27-9-5-3-6-10-27)45-41-31-15-19-33(20-16-31)49(51)52)30-14-24-36(38(26-30)56-2)44-48-40(28-11-7-4-8-12-28)46-42-32-17-21-34(22-18-32)50(53)54/h3-26,41-42H,1-2H3/b45-39-,46-40+,47-43?,48-44?. The molecule has 0 fully saturated rings. The third kappa shape index (κ3) is 9.64. The summed E-state index contributed by atoms with van der Waals surface area (Å²) in [5.74, 6) is 1.45. The van der Waals surface area contributed by atoms with Gasteiger partial charge in [0.05, 0.1) is 35.4 Å². The molecule has 0 spiro atoms. The third-order valence-electron chi connectivity index (χ3n) is 8.00. The van der Waals surface area contributed by atoms with E-state index in [0.29, 0.717) is 45.4 Å². The molecule has 0 aliphatic rings. The van der Waals surface area contributed by atoms with Crippen LogP contribution in [0.25, 0.3) is 11.1 Å². The van der Waals surface area contributed by atoms with Crippen LogP contribution in [0.2, 0.25) is 0 Å². The molecular weight excluding hydrogens is 717 g/mol. The van der Waals surface area contributed by atoms with Crippen molar-refractivity contribution in [3.05, 3.63) is 177 Å². The lowest BCUT2D eigenvalue weighted by molar-refractivity contribution is -0.385. The second-order valence-corrected chi connectivity index (χ2v) is 11.6. The molecule has 16 heteroatoms. The summed E-state index contributed by atoms with van der Waals surface area (Å²) in [5, 5.41) is 48.6. The van der Waals surface area contributed by atoms with E-state index in [9.17, 15) is 20.2 Å². The maximum absolute atomic E-state index is 11.0. The summed E-state index contributed by atoms with van der Waals surface area (Å²) in [6, 6.07) is 41.1. The zero-order valence-corrected chi connectivity index (χ0v) is 29.9. The van der Waals surface area contributed by atoms with Gasteiger partial charge in [-0.1, -0.05) is 72.8 Å². The first-order valence-corrected chi connectivity index (χ1v) is 16.8. The molecule has 6 aromatic rings. The maximum atomic E-state index is 11.0. The highest BCUT2D eigenvalue weighted by molar-refractivity contribution is 6.00. The first kappa shape index (κ1) is 37.6. The molecule has 56 heavy (non-hydrogen) atoms. The Bertz CT molecular complexity index is 2270. The van der Waals surface area contributed by atoms with Crippen molar-refractivity contribution in [2.24, 2.45) is 30.7 Å². The van der Waals surface area contributed by atoms with Gasteiger partial charge in [-0.05, 0) is 59.7 Å². The Morgan fingerprint density at radius 2 is 0.893 bits per heavy atom. The summed E-state index contributed by atoms with van der Waals surface area (Å²) in [6.45, 7) is 0. The molecule has 6 aromatic carbocycles. The van der Waals surface area contributed by atoms with Crippen LogP contribution in [-0.2, 0) is 0 Å². The predicted molar refractivity (Wildman–Crippen MR) is 213 cm³/mol. The first-order chi connectivity index (χ1) is 27.3. The second-order valence-electron chi connectivity index (χ2n) is 11.6. The molecule has 0 radical (unpaired) electrons. The first-order valence-electron chi connectivity index (χ1n) is 16.8. The summed E-state index contributed by atoms with van der Waals surface area (Å²) in [6.07, 6.45) is 0. The van der Waals surface area contributed by atoms with Gasteiger partial charge in [-0.3, -0.25) is 31.1 Å². The number of nitro benzene ring substituents is 2. The highest BCUT2D eigenvalue weighted by atomic mass is 16.6. The average molecular weight is 749 g/mol. The van der Waals surface area contributed by atoms with Crippen LogP contribution in [0.1, 0.15) is 11.1 Å². The Hall–Kier alpha value is -8.14. The largest absolute Gasteiger partial charge is 0.494 e. The van der Waals surface area contributed by atoms with E-state index in [0.717, 1.165) is 11.1 Å². The number of non-ortho nitro benzene ring substituents is 2. The summed E-state index contributed by atoms with van der Waals surface area (Å²) < 4.78 is 11.4. The monoisotopic (exact) mass is 748 g/mol. The Morgan fingerprint density at radius 3 is 1.23 bits per heavy atom. The molecule has 278 valence electrons. The highest BCUT2D eigenvalue weighted by Crippen LogP contribution is 2.37. The second kappa shape index (κ2) is 18.1. The lowest BCUT2D eigenvalue weighted by Gasteiger charge is -2.10. The average Bonchev–Trinajstić information content (AvgIpc) is 3.24. The van der Waals surface area contributed by atoms with E-state index in [2.05, 4.69) is 41.5 Å². The molecule has 0 bridgehead atoms. The van der Waals surface area contributed by atoms with Gasteiger partial charge in [-0.15, -0.1) is 20.5 Å². The van der Waals surface area contributed by atoms with Gasteiger partial charge in [-0.25, -0.2) is 0 Å². The zero-order valence-electron chi connectivity index (χ0n) is 29.9. The smallest absolute Gasteiger partial charge is 0.269 e. The SMILES string of the molecule is COc1cc(-c2ccc(N=N/C(=N/Nc3ccc([N+](=O)[O-])cc3)c3ccccc3)c(OC)c2)ccc1N=N/C(=N\Nc1ccc([N+](=O)[O-])cc1)c1ccccc1. The minimum absolute atomic E-state index is 0.0337. The zero-order chi connectivity index (χ0) is 39.3. The number of nitro groups is 2. The highest BCUT2D eigenvalue weighted by Gasteiger charge is 2.12. The van der Waals surface area contributed by atoms with Crippen molar-refractivity contribution in [2.45, 2.75) is 0 Å². The van der Waals surface area contributed by atoms with Crippen molar-refractivity contribution < 1.29 is 19.3 Å². The van der Waals surface area contributed by atoms with Crippen molar-refractivity contribution in [2.75, 3.05) is 25.1 Å². The van der Waals surface area contributed by atoms with Crippen molar-refractivity contribution in [1.29, 1.82) is 0 Å². The summed E-state index contributed by atoms with van der Waals surface area (Å²) in [4.78, 5) is 21.1. The topological polar surface area (TPSA) is 203 Å². The minimum atomic E-state index is -0.471. The molecule has 2 N–H and O–H groups in total. The van der Waals surface area contributed by atoms with Crippen LogP contribution in [0.3, 0.4) is 0 Å². The van der Waals surface area contributed by atoms with Crippen molar-refractivity contribution >= 4 is 45.8 Å². The number of ether oxygens (including phenoxy) is 2. The van der Waals surface area contributed by atoms with Crippen molar-refractivity contribution in [1.82, 2.24) is 0 Å². The van der Waals surface area contributed by atoms with Crippen LogP contribution in [0.5, 0.6) is 11.5 Å². The van der Waals surface area contributed by atoms with E-state index in [1.807, 2.05) is 84.9 Å². The lowest BCUT2D eigenvalue weighted by atomic mass is 10.0. The molecule has 0 aromatic heterocycles. The fraction of sp³-hybridized carbons (Fsp3) is 0.0500. The predicted octanol–water partition coefficient (Wildman–Crippen LogP) is 10.3. The number of hydrogen-bond acceptors (Lipinski definition) is 12. The molecule has 0 saturated heterocycles. The van der Waals surface area contributed by atoms with E-state index < -0.39 is 9.85 Å². The van der Waals surface area contributed by atoms with E-state index >= 15 is 0 Å². The lowest BCUT2D eigenvalue weighted by Crippen LogP contribution is -2.01. The maximum Gasteiger partial charge on any atom is 0.269 e. The third-order valence-corrected chi connectivity index (χ3v) is 8.00. The Kier molecular flexibility index (Phi) is 12.1. The van der Waals surface area contributed by atoms with Crippen LogP contribution < -0.4 is 20.3 Å².